The summed E-state index contributed by atoms with van der Waals surface area (Å²) in [7, 11) is 0. The third-order valence-electron chi connectivity index (χ3n) is 1.43. The van der Waals surface area contributed by atoms with Gasteiger partial charge in [-0.3, -0.25) is 4.79 Å². The molecule has 1 rings (SSSR count). The van der Waals surface area contributed by atoms with E-state index in [1.54, 1.807) is 0 Å². The summed E-state index contributed by atoms with van der Waals surface area (Å²) in [5.41, 5.74) is 0.166. The van der Waals surface area contributed by atoms with Crippen molar-refractivity contribution in [3.05, 3.63) is 28.8 Å². The van der Waals surface area contributed by atoms with Crippen LogP contribution in [0.5, 0.6) is 5.75 Å². The predicted molar refractivity (Wildman–Crippen MR) is 48.4 cm³/mol. The topological polar surface area (TPSA) is 26.3 Å². The van der Waals surface area contributed by atoms with Crippen molar-refractivity contribution in [1.29, 1.82) is 0 Å². The van der Waals surface area contributed by atoms with Crippen molar-refractivity contribution in [1.82, 2.24) is 0 Å². The molecule has 2 nitrogen and oxygen atoms in total. The first kappa shape index (κ1) is 11.8. The molecule has 0 saturated heterocycles. The van der Waals surface area contributed by atoms with Crippen LogP contribution in [0.15, 0.2) is 18.2 Å². The predicted octanol–water partition coefficient (Wildman–Crippen LogP) is 3.09. The second kappa shape index (κ2) is 4.53. The summed E-state index contributed by atoms with van der Waals surface area (Å²) in [6.07, 6.45) is -3.93. The first-order valence-electron chi connectivity index (χ1n) is 3.86. The fraction of sp³-hybridized carbons (Fsp3) is 0.222. The SMILES string of the molecule is O=Cc1cc(Cl)cc(OCC(F)(F)F)c1. The van der Waals surface area contributed by atoms with E-state index in [1.807, 2.05) is 0 Å². The van der Waals surface area contributed by atoms with E-state index in [0.717, 1.165) is 0 Å². The van der Waals surface area contributed by atoms with E-state index < -0.39 is 12.8 Å². The number of carbonyl (C=O) groups excluding carboxylic acids is 1. The minimum absolute atomic E-state index is 0.0816. The van der Waals surface area contributed by atoms with E-state index in [4.69, 9.17) is 11.6 Å². The molecule has 1 aromatic carbocycles. The van der Waals surface area contributed by atoms with Crippen LogP contribution in [0, 0.1) is 0 Å². The largest absolute Gasteiger partial charge is 0.484 e. The van der Waals surface area contributed by atoms with E-state index in [1.165, 1.54) is 18.2 Å². The zero-order valence-electron chi connectivity index (χ0n) is 7.34. The second-order valence-corrected chi connectivity index (χ2v) is 3.18. The summed E-state index contributed by atoms with van der Waals surface area (Å²) < 4.78 is 39.8. The molecule has 0 saturated carbocycles. The summed E-state index contributed by atoms with van der Waals surface area (Å²) in [4.78, 5) is 10.4. The highest BCUT2D eigenvalue weighted by atomic mass is 35.5. The smallest absolute Gasteiger partial charge is 0.422 e. The van der Waals surface area contributed by atoms with Crippen molar-refractivity contribution < 1.29 is 22.7 Å². The zero-order valence-corrected chi connectivity index (χ0v) is 8.10. The van der Waals surface area contributed by atoms with Crippen LogP contribution in [0.4, 0.5) is 13.2 Å². The van der Waals surface area contributed by atoms with E-state index in [-0.39, 0.29) is 16.3 Å². The highest BCUT2D eigenvalue weighted by molar-refractivity contribution is 6.31. The standard InChI is InChI=1S/C9H6ClF3O2/c10-7-1-6(4-14)2-8(3-7)15-5-9(11,12)13/h1-4H,5H2. The maximum Gasteiger partial charge on any atom is 0.422 e. The van der Waals surface area contributed by atoms with Crippen molar-refractivity contribution in [2.75, 3.05) is 6.61 Å². The Morgan fingerprint density at radius 1 is 1.33 bits per heavy atom. The average molecular weight is 239 g/mol. The molecular formula is C9H6ClF3O2. The van der Waals surface area contributed by atoms with Crippen LogP contribution in [0.2, 0.25) is 5.02 Å². The van der Waals surface area contributed by atoms with Gasteiger partial charge in [-0.15, -0.1) is 0 Å². The monoisotopic (exact) mass is 238 g/mol. The summed E-state index contributed by atoms with van der Waals surface area (Å²) in [5, 5.41) is 0.150. The summed E-state index contributed by atoms with van der Waals surface area (Å²) >= 11 is 5.56. The highest BCUT2D eigenvalue weighted by Crippen LogP contribution is 2.22. The summed E-state index contributed by atoms with van der Waals surface area (Å²) in [6, 6.07) is 3.72. The van der Waals surface area contributed by atoms with Crippen LogP contribution < -0.4 is 4.74 Å². The summed E-state index contributed by atoms with van der Waals surface area (Å²) in [6.45, 7) is -1.41. The average Bonchev–Trinajstić information content (AvgIpc) is 2.13. The minimum atomic E-state index is -4.41. The number of benzene rings is 1. The van der Waals surface area contributed by atoms with E-state index in [9.17, 15) is 18.0 Å². The van der Waals surface area contributed by atoms with Gasteiger partial charge < -0.3 is 4.74 Å². The molecule has 0 radical (unpaired) electrons. The van der Waals surface area contributed by atoms with Gasteiger partial charge in [0.05, 0.1) is 0 Å². The number of rotatable bonds is 3. The normalized spacial score (nSPS) is 11.2. The van der Waals surface area contributed by atoms with Gasteiger partial charge in [-0.25, -0.2) is 0 Å². The highest BCUT2D eigenvalue weighted by Gasteiger charge is 2.28. The molecule has 0 amide bonds. The number of alkyl halides is 3. The molecule has 82 valence electrons. The van der Waals surface area contributed by atoms with Gasteiger partial charge in [0, 0.05) is 10.6 Å². The molecule has 0 aliphatic rings. The number of aldehydes is 1. The van der Waals surface area contributed by atoms with E-state index >= 15 is 0 Å². The third-order valence-corrected chi connectivity index (χ3v) is 1.65. The van der Waals surface area contributed by atoms with Gasteiger partial charge in [-0.1, -0.05) is 11.6 Å². The first-order chi connectivity index (χ1) is 6.90. The number of hydrogen-bond donors (Lipinski definition) is 0. The van der Waals surface area contributed by atoms with Crippen molar-refractivity contribution in [3.63, 3.8) is 0 Å². The molecule has 1 aromatic rings. The Balaban J connectivity index is 2.77. The third kappa shape index (κ3) is 4.20. The lowest BCUT2D eigenvalue weighted by atomic mass is 10.2. The van der Waals surface area contributed by atoms with Crippen LogP contribution in [0.3, 0.4) is 0 Å². The molecule has 0 aliphatic heterocycles. The Morgan fingerprint density at radius 3 is 2.53 bits per heavy atom. The van der Waals surface area contributed by atoms with Crippen molar-refractivity contribution in [3.8, 4) is 5.75 Å². The number of halogens is 4. The fourth-order valence-electron chi connectivity index (χ4n) is 0.901. The lowest BCUT2D eigenvalue weighted by molar-refractivity contribution is -0.153. The van der Waals surface area contributed by atoms with Crippen molar-refractivity contribution >= 4 is 17.9 Å². The molecule has 6 heteroatoms. The van der Waals surface area contributed by atoms with Crippen molar-refractivity contribution in [2.45, 2.75) is 6.18 Å². The molecule has 15 heavy (non-hydrogen) atoms. The Hall–Kier alpha value is -1.23. The van der Waals surface area contributed by atoms with Crippen LogP contribution >= 0.6 is 11.6 Å². The molecule has 0 bridgehead atoms. The number of ether oxygens (including phenoxy) is 1. The Labute approximate surface area is 88.6 Å². The number of carbonyl (C=O) groups is 1. The van der Waals surface area contributed by atoms with Crippen LogP contribution in [0.25, 0.3) is 0 Å². The second-order valence-electron chi connectivity index (χ2n) is 2.74. The summed E-state index contributed by atoms with van der Waals surface area (Å²) in [5.74, 6) is -0.0816. The maximum atomic E-state index is 11.8. The van der Waals surface area contributed by atoms with E-state index in [0.29, 0.717) is 6.29 Å². The fourth-order valence-corrected chi connectivity index (χ4v) is 1.13. The molecule has 0 unspecified atom stereocenters. The lowest BCUT2D eigenvalue weighted by Crippen LogP contribution is -2.19. The van der Waals surface area contributed by atoms with Crippen LogP contribution in [-0.2, 0) is 0 Å². The van der Waals surface area contributed by atoms with Gasteiger partial charge >= 0.3 is 6.18 Å². The van der Waals surface area contributed by atoms with Gasteiger partial charge in [0.25, 0.3) is 0 Å². The van der Waals surface area contributed by atoms with Gasteiger partial charge in [0.1, 0.15) is 12.0 Å². The Morgan fingerprint density at radius 2 is 2.00 bits per heavy atom. The molecular weight excluding hydrogens is 233 g/mol. The van der Waals surface area contributed by atoms with Crippen LogP contribution in [0.1, 0.15) is 10.4 Å². The maximum absolute atomic E-state index is 11.8. The van der Waals surface area contributed by atoms with Gasteiger partial charge in [-0.05, 0) is 18.2 Å². The number of hydrogen-bond acceptors (Lipinski definition) is 2. The minimum Gasteiger partial charge on any atom is -0.484 e. The molecule has 0 spiro atoms. The van der Waals surface area contributed by atoms with Gasteiger partial charge in [-0.2, -0.15) is 13.2 Å². The molecule has 0 fully saturated rings. The quantitative estimate of drug-likeness (QED) is 0.757. The zero-order chi connectivity index (χ0) is 11.5. The Bertz CT molecular complexity index is 363. The molecule has 0 N–H and O–H groups in total. The first-order valence-corrected chi connectivity index (χ1v) is 4.24. The van der Waals surface area contributed by atoms with E-state index in [2.05, 4.69) is 4.74 Å². The van der Waals surface area contributed by atoms with Crippen molar-refractivity contribution in [2.24, 2.45) is 0 Å². The molecule has 0 heterocycles. The Kier molecular flexibility index (Phi) is 3.57. The molecule has 0 aromatic heterocycles. The lowest BCUT2D eigenvalue weighted by Gasteiger charge is -2.09. The molecule has 0 aliphatic carbocycles. The van der Waals surface area contributed by atoms with Gasteiger partial charge in [0.15, 0.2) is 6.61 Å². The van der Waals surface area contributed by atoms with Gasteiger partial charge in [0.2, 0.25) is 0 Å². The molecule has 0 atom stereocenters. The van der Waals surface area contributed by atoms with Crippen LogP contribution in [-0.4, -0.2) is 19.1 Å².